The number of hydrogen-bond acceptors (Lipinski definition) is 2. The molecule has 7 heteroatoms. The summed E-state index contributed by atoms with van der Waals surface area (Å²) in [5, 5.41) is 5.41. The lowest BCUT2D eigenvalue weighted by Gasteiger charge is -2.29. The Morgan fingerprint density at radius 1 is 1.27 bits per heavy atom. The molecule has 0 saturated heterocycles. The molecule has 1 aliphatic rings. The highest BCUT2D eigenvalue weighted by Crippen LogP contribution is 2.26. The second-order valence-corrected chi connectivity index (χ2v) is 5.54. The standard InChI is InChI=1S/C15H19F3N2O2/c1-10-5-2-3-8-13(10)20-14(21)19-11-6-4-7-12(9-11)22-15(16,17)18/h4,6-7,9-10,13H,2-3,5,8H2,1H3,(H2,19,20,21). The topological polar surface area (TPSA) is 50.4 Å². The Kier molecular flexibility index (Phi) is 5.15. The molecule has 2 atom stereocenters. The molecule has 0 bridgehead atoms. The van der Waals surface area contributed by atoms with E-state index in [1.54, 1.807) is 0 Å². The van der Waals surface area contributed by atoms with Crippen LogP contribution < -0.4 is 15.4 Å². The van der Waals surface area contributed by atoms with Gasteiger partial charge in [0, 0.05) is 17.8 Å². The summed E-state index contributed by atoms with van der Waals surface area (Å²) in [7, 11) is 0. The number of amides is 2. The van der Waals surface area contributed by atoms with Crippen LogP contribution in [0.1, 0.15) is 32.6 Å². The summed E-state index contributed by atoms with van der Waals surface area (Å²) in [6.07, 6.45) is -0.522. The molecule has 2 N–H and O–H groups in total. The van der Waals surface area contributed by atoms with Crippen LogP contribution in [-0.2, 0) is 0 Å². The van der Waals surface area contributed by atoms with E-state index in [9.17, 15) is 18.0 Å². The van der Waals surface area contributed by atoms with Crippen molar-refractivity contribution in [2.45, 2.75) is 45.0 Å². The van der Waals surface area contributed by atoms with Crippen molar-refractivity contribution in [1.82, 2.24) is 5.32 Å². The van der Waals surface area contributed by atoms with Gasteiger partial charge in [-0.3, -0.25) is 0 Å². The zero-order valence-electron chi connectivity index (χ0n) is 12.2. The molecule has 1 aliphatic carbocycles. The molecule has 1 saturated carbocycles. The summed E-state index contributed by atoms with van der Waals surface area (Å²) in [5.41, 5.74) is 0.253. The number of ether oxygens (including phenoxy) is 1. The molecular weight excluding hydrogens is 297 g/mol. The molecule has 2 amide bonds. The van der Waals surface area contributed by atoms with E-state index in [0.717, 1.165) is 31.7 Å². The number of hydrogen-bond donors (Lipinski definition) is 2. The molecule has 0 spiro atoms. The number of halogens is 3. The zero-order valence-corrected chi connectivity index (χ0v) is 12.2. The molecule has 1 aromatic rings. The first-order valence-corrected chi connectivity index (χ1v) is 7.27. The van der Waals surface area contributed by atoms with Gasteiger partial charge in [-0.25, -0.2) is 4.79 Å². The van der Waals surface area contributed by atoms with E-state index in [1.807, 2.05) is 0 Å². The highest BCUT2D eigenvalue weighted by Gasteiger charge is 2.31. The number of anilines is 1. The van der Waals surface area contributed by atoms with Crippen molar-refractivity contribution in [3.8, 4) is 5.75 Å². The first kappa shape index (κ1) is 16.5. The summed E-state index contributed by atoms with van der Waals surface area (Å²) in [5.74, 6) is 0.0377. The number of carbonyl (C=O) groups is 1. The first-order chi connectivity index (χ1) is 10.3. The molecule has 1 aromatic carbocycles. The van der Waals surface area contributed by atoms with Gasteiger partial charge >= 0.3 is 12.4 Å². The van der Waals surface area contributed by atoms with Gasteiger partial charge in [-0.2, -0.15) is 0 Å². The SMILES string of the molecule is CC1CCCCC1NC(=O)Nc1cccc(OC(F)(F)F)c1. The monoisotopic (exact) mass is 316 g/mol. The predicted molar refractivity (Wildman–Crippen MR) is 76.7 cm³/mol. The lowest BCUT2D eigenvalue weighted by atomic mass is 9.86. The van der Waals surface area contributed by atoms with Gasteiger partial charge in [0.05, 0.1) is 0 Å². The van der Waals surface area contributed by atoms with Crippen LogP contribution in [0.25, 0.3) is 0 Å². The van der Waals surface area contributed by atoms with Crippen LogP contribution in [0.4, 0.5) is 23.7 Å². The summed E-state index contributed by atoms with van der Waals surface area (Å²) < 4.78 is 40.3. The molecule has 0 radical (unpaired) electrons. The molecular formula is C15H19F3N2O2. The molecule has 22 heavy (non-hydrogen) atoms. The number of benzene rings is 1. The summed E-state index contributed by atoms with van der Waals surface area (Å²) in [6.45, 7) is 2.09. The summed E-state index contributed by atoms with van der Waals surface area (Å²) in [4.78, 5) is 11.9. The van der Waals surface area contributed by atoms with Crippen molar-refractivity contribution in [1.29, 1.82) is 0 Å². The summed E-state index contributed by atoms with van der Waals surface area (Å²) >= 11 is 0. The second-order valence-electron chi connectivity index (χ2n) is 5.54. The minimum Gasteiger partial charge on any atom is -0.406 e. The van der Waals surface area contributed by atoms with Crippen LogP contribution in [0.5, 0.6) is 5.75 Å². The van der Waals surface area contributed by atoms with Crippen LogP contribution in [0.15, 0.2) is 24.3 Å². The van der Waals surface area contributed by atoms with Gasteiger partial charge in [0.25, 0.3) is 0 Å². The number of carbonyl (C=O) groups excluding carboxylic acids is 1. The quantitative estimate of drug-likeness (QED) is 0.874. The Hall–Kier alpha value is -1.92. The third-order valence-corrected chi connectivity index (χ3v) is 3.75. The molecule has 2 rings (SSSR count). The van der Waals surface area contributed by atoms with Gasteiger partial charge in [0.2, 0.25) is 0 Å². The first-order valence-electron chi connectivity index (χ1n) is 7.27. The highest BCUT2D eigenvalue weighted by molar-refractivity contribution is 5.89. The van der Waals surface area contributed by atoms with Crippen molar-refractivity contribution in [3.63, 3.8) is 0 Å². The van der Waals surface area contributed by atoms with Gasteiger partial charge in [0.1, 0.15) is 5.75 Å². The van der Waals surface area contributed by atoms with E-state index in [-0.39, 0.29) is 17.5 Å². The van der Waals surface area contributed by atoms with Gasteiger partial charge in [-0.05, 0) is 30.9 Å². The number of alkyl halides is 3. The van der Waals surface area contributed by atoms with E-state index < -0.39 is 12.4 Å². The second kappa shape index (κ2) is 6.89. The van der Waals surface area contributed by atoms with Gasteiger partial charge in [0.15, 0.2) is 0 Å². The average Bonchev–Trinajstić information content (AvgIpc) is 2.40. The lowest BCUT2D eigenvalue weighted by Crippen LogP contribution is -2.43. The minimum atomic E-state index is -4.75. The lowest BCUT2D eigenvalue weighted by molar-refractivity contribution is -0.274. The van der Waals surface area contributed by atoms with E-state index in [2.05, 4.69) is 22.3 Å². The maximum absolute atomic E-state index is 12.2. The van der Waals surface area contributed by atoms with Gasteiger partial charge in [-0.15, -0.1) is 13.2 Å². The Morgan fingerprint density at radius 3 is 2.68 bits per heavy atom. The highest BCUT2D eigenvalue weighted by atomic mass is 19.4. The number of urea groups is 1. The molecule has 0 aliphatic heterocycles. The van der Waals surface area contributed by atoms with Crippen molar-refractivity contribution >= 4 is 11.7 Å². The Bertz CT molecular complexity index is 520. The molecule has 1 fully saturated rings. The maximum atomic E-state index is 12.2. The van der Waals surface area contributed by atoms with Crippen molar-refractivity contribution in [3.05, 3.63) is 24.3 Å². The van der Waals surface area contributed by atoms with E-state index in [4.69, 9.17) is 0 Å². The van der Waals surface area contributed by atoms with Crippen LogP contribution in [0.3, 0.4) is 0 Å². The molecule has 2 unspecified atom stereocenters. The van der Waals surface area contributed by atoms with Gasteiger partial charge in [-0.1, -0.05) is 25.8 Å². The van der Waals surface area contributed by atoms with Crippen molar-refractivity contribution < 1.29 is 22.7 Å². The number of nitrogens with one attached hydrogen (secondary N) is 2. The largest absolute Gasteiger partial charge is 0.573 e. The maximum Gasteiger partial charge on any atom is 0.573 e. The third-order valence-electron chi connectivity index (χ3n) is 3.75. The molecule has 4 nitrogen and oxygen atoms in total. The van der Waals surface area contributed by atoms with E-state index >= 15 is 0 Å². The summed E-state index contributed by atoms with van der Waals surface area (Å²) in [6, 6.07) is 4.90. The van der Waals surface area contributed by atoms with Crippen LogP contribution in [-0.4, -0.2) is 18.4 Å². The van der Waals surface area contributed by atoms with Crippen molar-refractivity contribution in [2.24, 2.45) is 5.92 Å². The van der Waals surface area contributed by atoms with Crippen LogP contribution in [0, 0.1) is 5.92 Å². The fourth-order valence-electron chi connectivity index (χ4n) is 2.64. The van der Waals surface area contributed by atoms with E-state index in [1.165, 1.54) is 18.2 Å². The van der Waals surface area contributed by atoms with Crippen molar-refractivity contribution in [2.75, 3.05) is 5.32 Å². The van der Waals surface area contributed by atoms with E-state index in [0.29, 0.717) is 5.92 Å². The number of rotatable bonds is 3. The normalized spacial score (nSPS) is 22.0. The zero-order chi connectivity index (χ0) is 16.2. The molecule has 122 valence electrons. The predicted octanol–water partition coefficient (Wildman–Crippen LogP) is 4.29. The Balaban J connectivity index is 1.92. The minimum absolute atomic E-state index is 0.100. The molecule has 0 aromatic heterocycles. The smallest absolute Gasteiger partial charge is 0.406 e. The fraction of sp³-hybridized carbons (Fsp3) is 0.533. The fourth-order valence-corrected chi connectivity index (χ4v) is 2.64. The van der Waals surface area contributed by atoms with Crippen LogP contribution in [0.2, 0.25) is 0 Å². The Morgan fingerprint density at radius 2 is 2.00 bits per heavy atom. The average molecular weight is 316 g/mol. The molecule has 0 heterocycles. The Labute approximate surface area is 127 Å². The third kappa shape index (κ3) is 5.13. The van der Waals surface area contributed by atoms with Crippen LogP contribution >= 0.6 is 0 Å². The van der Waals surface area contributed by atoms with Gasteiger partial charge < -0.3 is 15.4 Å².